The summed E-state index contributed by atoms with van der Waals surface area (Å²) in [7, 11) is 0. The molecule has 1 saturated heterocycles. The van der Waals surface area contributed by atoms with E-state index in [2.05, 4.69) is 15.9 Å². The molecule has 0 aromatic carbocycles. The lowest BCUT2D eigenvalue weighted by Crippen LogP contribution is -1.99. The first kappa shape index (κ1) is 9.54. The molecule has 2 atom stereocenters. The zero-order chi connectivity index (χ0) is 10.6. The molecule has 1 fully saturated rings. The van der Waals surface area contributed by atoms with Crippen molar-refractivity contribution in [3.8, 4) is 11.8 Å². The maximum absolute atomic E-state index is 9.99. The summed E-state index contributed by atoms with van der Waals surface area (Å²) in [4.78, 5) is 0. The summed E-state index contributed by atoms with van der Waals surface area (Å²) in [6.07, 6.45) is 1.88. The van der Waals surface area contributed by atoms with E-state index in [0.717, 1.165) is 24.0 Å². The van der Waals surface area contributed by atoms with E-state index in [-0.39, 0.29) is 24.0 Å². The normalized spacial score (nSPS) is 27.3. The SMILES string of the molecule is Oc1c2c(c(O)n1CCBr)C1CCC2O1. The molecule has 0 radical (unpaired) electrons. The number of hydrogen-bond acceptors (Lipinski definition) is 3. The molecule has 15 heavy (non-hydrogen) atoms. The quantitative estimate of drug-likeness (QED) is 0.813. The Labute approximate surface area is 95.6 Å². The first-order valence-electron chi connectivity index (χ1n) is 5.09. The molecule has 1 aromatic heterocycles. The first-order chi connectivity index (χ1) is 7.24. The van der Waals surface area contributed by atoms with E-state index in [1.807, 2.05) is 0 Å². The van der Waals surface area contributed by atoms with Crippen molar-refractivity contribution in [2.45, 2.75) is 31.6 Å². The molecule has 82 valence electrons. The minimum absolute atomic E-state index is 0.00697. The maximum Gasteiger partial charge on any atom is 0.200 e. The van der Waals surface area contributed by atoms with Crippen LogP contribution < -0.4 is 0 Å². The second-order valence-corrected chi connectivity index (χ2v) is 4.80. The summed E-state index contributed by atoms with van der Waals surface area (Å²) in [6.45, 7) is 0.574. The summed E-state index contributed by atoms with van der Waals surface area (Å²) < 4.78 is 7.18. The summed E-state index contributed by atoms with van der Waals surface area (Å²) in [5, 5.41) is 20.7. The number of aromatic nitrogens is 1. The molecule has 0 saturated carbocycles. The van der Waals surface area contributed by atoms with Gasteiger partial charge in [0.1, 0.15) is 0 Å². The van der Waals surface area contributed by atoms with Crippen LogP contribution in [0.5, 0.6) is 11.8 Å². The lowest BCUT2D eigenvalue weighted by atomic mass is 9.95. The maximum atomic E-state index is 9.99. The van der Waals surface area contributed by atoms with Crippen LogP contribution in [0.2, 0.25) is 0 Å². The third kappa shape index (κ3) is 1.10. The third-order valence-electron chi connectivity index (χ3n) is 3.25. The molecule has 0 amide bonds. The molecule has 0 spiro atoms. The Balaban J connectivity index is 2.15. The van der Waals surface area contributed by atoms with Crippen LogP contribution in [0.1, 0.15) is 36.2 Å². The minimum atomic E-state index is -0.00697. The molecular formula is C10H12BrNO3. The zero-order valence-corrected chi connectivity index (χ0v) is 9.70. The lowest BCUT2D eigenvalue weighted by Gasteiger charge is -2.08. The van der Waals surface area contributed by atoms with Crippen molar-refractivity contribution in [1.82, 2.24) is 4.57 Å². The molecule has 2 aliphatic rings. The summed E-state index contributed by atoms with van der Waals surface area (Å²) in [5.74, 6) is 0.350. The Morgan fingerprint density at radius 2 is 1.73 bits per heavy atom. The number of alkyl halides is 1. The molecule has 2 aliphatic heterocycles. The van der Waals surface area contributed by atoms with E-state index in [9.17, 15) is 10.2 Å². The second kappa shape index (κ2) is 3.15. The van der Waals surface area contributed by atoms with Crippen molar-refractivity contribution >= 4 is 15.9 Å². The van der Waals surface area contributed by atoms with Crippen LogP contribution >= 0.6 is 15.9 Å². The monoisotopic (exact) mass is 273 g/mol. The molecule has 5 heteroatoms. The molecule has 0 aliphatic carbocycles. The smallest absolute Gasteiger partial charge is 0.200 e. The number of hydrogen-bond donors (Lipinski definition) is 2. The zero-order valence-electron chi connectivity index (χ0n) is 8.11. The lowest BCUT2D eigenvalue weighted by molar-refractivity contribution is 0.0678. The predicted octanol–water partition coefficient (Wildman–Crippen LogP) is 2.20. The Morgan fingerprint density at radius 3 is 2.20 bits per heavy atom. The molecule has 2 bridgehead atoms. The third-order valence-corrected chi connectivity index (χ3v) is 3.61. The number of aromatic hydroxyl groups is 2. The average Bonchev–Trinajstić information content (AvgIpc) is 2.87. The highest BCUT2D eigenvalue weighted by Crippen LogP contribution is 2.57. The van der Waals surface area contributed by atoms with Crippen molar-refractivity contribution < 1.29 is 14.9 Å². The van der Waals surface area contributed by atoms with Crippen molar-refractivity contribution in [2.75, 3.05) is 5.33 Å². The molecule has 4 nitrogen and oxygen atoms in total. The number of halogens is 1. The summed E-state index contributed by atoms with van der Waals surface area (Å²) in [5.41, 5.74) is 1.62. The van der Waals surface area contributed by atoms with Crippen LogP contribution in [-0.4, -0.2) is 20.1 Å². The first-order valence-corrected chi connectivity index (χ1v) is 6.21. The molecule has 2 unspecified atom stereocenters. The number of fused-ring (bicyclic) bond motifs is 5. The van der Waals surface area contributed by atoms with Gasteiger partial charge in [-0.15, -0.1) is 0 Å². The fourth-order valence-electron chi connectivity index (χ4n) is 2.63. The molecule has 1 aromatic rings. The van der Waals surface area contributed by atoms with Crippen molar-refractivity contribution in [2.24, 2.45) is 0 Å². The van der Waals surface area contributed by atoms with Gasteiger partial charge in [0.15, 0.2) is 11.8 Å². The highest BCUT2D eigenvalue weighted by atomic mass is 79.9. The average molecular weight is 274 g/mol. The van der Waals surface area contributed by atoms with Gasteiger partial charge in [-0.1, -0.05) is 15.9 Å². The van der Waals surface area contributed by atoms with Gasteiger partial charge in [0.25, 0.3) is 0 Å². The van der Waals surface area contributed by atoms with Gasteiger partial charge in [-0.25, -0.2) is 0 Å². The van der Waals surface area contributed by atoms with Crippen LogP contribution in [0, 0.1) is 0 Å². The Bertz CT molecular complexity index is 382. The number of rotatable bonds is 2. The Morgan fingerprint density at radius 1 is 1.20 bits per heavy atom. The second-order valence-electron chi connectivity index (χ2n) is 4.01. The van der Waals surface area contributed by atoms with E-state index < -0.39 is 0 Å². The summed E-state index contributed by atoms with van der Waals surface area (Å²) >= 11 is 3.30. The molecule has 2 N–H and O–H groups in total. The topological polar surface area (TPSA) is 54.6 Å². The van der Waals surface area contributed by atoms with Crippen molar-refractivity contribution in [3.63, 3.8) is 0 Å². The van der Waals surface area contributed by atoms with Crippen LogP contribution in [0.15, 0.2) is 0 Å². The van der Waals surface area contributed by atoms with Crippen LogP contribution in [0.3, 0.4) is 0 Å². The molecule has 3 rings (SSSR count). The van der Waals surface area contributed by atoms with E-state index in [0.29, 0.717) is 11.9 Å². The Kier molecular flexibility index (Phi) is 2.01. The van der Waals surface area contributed by atoms with Crippen LogP contribution in [0.25, 0.3) is 0 Å². The van der Waals surface area contributed by atoms with E-state index in [4.69, 9.17) is 4.74 Å². The minimum Gasteiger partial charge on any atom is -0.494 e. The molecular weight excluding hydrogens is 262 g/mol. The van der Waals surface area contributed by atoms with Gasteiger partial charge in [-0.05, 0) is 12.8 Å². The van der Waals surface area contributed by atoms with Crippen molar-refractivity contribution in [3.05, 3.63) is 11.1 Å². The highest BCUT2D eigenvalue weighted by molar-refractivity contribution is 9.09. The standard InChI is InChI=1S/C10H12BrNO3/c11-3-4-12-9(13)7-5-1-2-6(15-5)8(7)10(12)14/h5-6,13-14H,1-4H2. The fourth-order valence-corrected chi connectivity index (χ4v) is 2.98. The van der Waals surface area contributed by atoms with Gasteiger partial charge in [0.2, 0.25) is 0 Å². The summed E-state index contributed by atoms with van der Waals surface area (Å²) in [6, 6.07) is 0. The Hall–Kier alpha value is -0.680. The largest absolute Gasteiger partial charge is 0.494 e. The van der Waals surface area contributed by atoms with Crippen molar-refractivity contribution in [1.29, 1.82) is 0 Å². The fraction of sp³-hybridized carbons (Fsp3) is 0.600. The van der Waals surface area contributed by atoms with Gasteiger partial charge in [0, 0.05) is 11.9 Å². The number of nitrogens with zero attached hydrogens (tertiary/aromatic N) is 1. The predicted molar refractivity (Wildman–Crippen MR) is 57.4 cm³/mol. The van der Waals surface area contributed by atoms with Gasteiger partial charge >= 0.3 is 0 Å². The van der Waals surface area contributed by atoms with E-state index in [1.54, 1.807) is 4.57 Å². The van der Waals surface area contributed by atoms with Gasteiger partial charge in [-0.3, -0.25) is 4.57 Å². The van der Waals surface area contributed by atoms with E-state index in [1.165, 1.54) is 0 Å². The van der Waals surface area contributed by atoms with Crippen LogP contribution in [0.4, 0.5) is 0 Å². The van der Waals surface area contributed by atoms with Crippen LogP contribution in [-0.2, 0) is 11.3 Å². The highest BCUT2D eigenvalue weighted by Gasteiger charge is 2.45. The number of ether oxygens (including phenoxy) is 1. The molecule has 3 heterocycles. The van der Waals surface area contributed by atoms with E-state index >= 15 is 0 Å². The van der Waals surface area contributed by atoms with Gasteiger partial charge in [-0.2, -0.15) is 0 Å². The van der Waals surface area contributed by atoms with Gasteiger partial charge in [0.05, 0.1) is 23.3 Å². The van der Waals surface area contributed by atoms with Gasteiger partial charge < -0.3 is 14.9 Å².